The highest BCUT2D eigenvalue weighted by Crippen LogP contribution is 2.25. The second-order valence-electron chi connectivity index (χ2n) is 4.17. The molecule has 5 heteroatoms. The maximum atomic E-state index is 11.2. The number of nitrogens with two attached hydrogens (primary N) is 1. The Labute approximate surface area is 98.6 Å². The fourth-order valence-corrected chi connectivity index (χ4v) is 2.04. The highest BCUT2D eigenvalue weighted by molar-refractivity contribution is 5.89. The quantitative estimate of drug-likeness (QED) is 0.711. The first-order valence-corrected chi connectivity index (χ1v) is 5.50. The molecule has 1 unspecified atom stereocenters. The monoisotopic (exact) mass is 234 g/mol. The summed E-state index contributed by atoms with van der Waals surface area (Å²) in [6.45, 7) is 0. The third-order valence-corrected chi connectivity index (χ3v) is 2.96. The Morgan fingerprint density at radius 3 is 2.82 bits per heavy atom. The van der Waals surface area contributed by atoms with Crippen LogP contribution in [0.1, 0.15) is 28.8 Å². The van der Waals surface area contributed by atoms with E-state index in [1.807, 2.05) is 0 Å². The number of carboxylic acids is 1. The number of hydrogen-bond acceptors (Lipinski definition) is 3. The van der Waals surface area contributed by atoms with Gasteiger partial charge in [-0.25, -0.2) is 4.79 Å². The summed E-state index contributed by atoms with van der Waals surface area (Å²) in [4.78, 5) is 22.0. The molecule has 0 aromatic heterocycles. The van der Waals surface area contributed by atoms with Crippen LogP contribution in [0.3, 0.4) is 0 Å². The van der Waals surface area contributed by atoms with Crippen LogP contribution in [0.5, 0.6) is 0 Å². The highest BCUT2D eigenvalue weighted by Gasteiger charge is 2.20. The molecule has 17 heavy (non-hydrogen) atoms. The van der Waals surface area contributed by atoms with Crippen molar-refractivity contribution < 1.29 is 14.7 Å². The zero-order valence-electron chi connectivity index (χ0n) is 9.27. The zero-order valence-corrected chi connectivity index (χ0v) is 9.27. The number of aromatic carboxylic acids is 1. The third kappa shape index (κ3) is 2.38. The van der Waals surface area contributed by atoms with Crippen molar-refractivity contribution in [3.8, 4) is 0 Å². The van der Waals surface area contributed by atoms with Crippen molar-refractivity contribution in [1.82, 2.24) is 0 Å². The minimum atomic E-state index is -0.941. The molecular formula is C12H14N2O3. The Balaban J connectivity index is 2.32. The lowest BCUT2D eigenvalue weighted by Gasteiger charge is -2.14. The molecule has 2 rings (SSSR count). The normalized spacial score (nSPS) is 18.7. The number of amides is 1. The first-order valence-electron chi connectivity index (χ1n) is 5.50. The Morgan fingerprint density at radius 2 is 2.18 bits per heavy atom. The van der Waals surface area contributed by atoms with Crippen LogP contribution in [0.15, 0.2) is 18.2 Å². The third-order valence-electron chi connectivity index (χ3n) is 2.96. The molecule has 1 aromatic rings. The zero-order chi connectivity index (χ0) is 12.4. The van der Waals surface area contributed by atoms with E-state index in [0.717, 1.165) is 24.1 Å². The van der Waals surface area contributed by atoms with Crippen molar-refractivity contribution in [2.24, 2.45) is 5.73 Å². The van der Waals surface area contributed by atoms with E-state index in [9.17, 15) is 9.59 Å². The van der Waals surface area contributed by atoms with Crippen LogP contribution < -0.4 is 11.1 Å². The SMILES string of the molecule is NC(=O)C1CCCc2cc(C(=O)O)ccc2N1. The minimum absolute atomic E-state index is 0.267. The van der Waals surface area contributed by atoms with Crippen LogP contribution >= 0.6 is 0 Å². The Hall–Kier alpha value is -2.04. The van der Waals surface area contributed by atoms with Crippen LogP contribution in [-0.2, 0) is 11.2 Å². The van der Waals surface area contributed by atoms with E-state index in [2.05, 4.69) is 5.32 Å². The molecule has 0 bridgehead atoms. The predicted molar refractivity (Wildman–Crippen MR) is 62.9 cm³/mol. The van der Waals surface area contributed by atoms with Crippen molar-refractivity contribution in [3.63, 3.8) is 0 Å². The van der Waals surface area contributed by atoms with Gasteiger partial charge in [-0.15, -0.1) is 0 Å². The Bertz CT molecular complexity index is 471. The van der Waals surface area contributed by atoms with Crippen LogP contribution in [-0.4, -0.2) is 23.0 Å². The lowest BCUT2D eigenvalue weighted by atomic mass is 10.0. The molecule has 0 spiro atoms. The van der Waals surface area contributed by atoms with Gasteiger partial charge in [0.25, 0.3) is 0 Å². The van der Waals surface area contributed by atoms with Gasteiger partial charge in [0.15, 0.2) is 0 Å². The fourth-order valence-electron chi connectivity index (χ4n) is 2.04. The molecule has 1 aliphatic heterocycles. The summed E-state index contributed by atoms with van der Waals surface area (Å²) < 4.78 is 0. The number of aryl methyl sites for hydroxylation is 1. The number of hydrogen-bond donors (Lipinski definition) is 3. The molecular weight excluding hydrogens is 220 g/mol. The number of fused-ring (bicyclic) bond motifs is 1. The Morgan fingerprint density at radius 1 is 1.41 bits per heavy atom. The minimum Gasteiger partial charge on any atom is -0.478 e. The second-order valence-corrected chi connectivity index (χ2v) is 4.17. The van der Waals surface area contributed by atoms with E-state index < -0.39 is 5.97 Å². The van der Waals surface area contributed by atoms with Gasteiger partial charge in [0.1, 0.15) is 6.04 Å². The van der Waals surface area contributed by atoms with Gasteiger partial charge in [-0.2, -0.15) is 0 Å². The Kier molecular flexibility index (Phi) is 2.99. The van der Waals surface area contributed by atoms with Crippen molar-refractivity contribution >= 4 is 17.6 Å². The van der Waals surface area contributed by atoms with E-state index in [0.29, 0.717) is 6.42 Å². The molecule has 1 atom stereocenters. The average Bonchev–Trinajstić information content (AvgIpc) is 2.49. The molecule has 1 aliphatic rings. The fraction of sp³-hybridized carbons (Fsp3) is 0.333. The average molecular weight is 234 g/mol. The molecule has 0 saturated heterocycles. The van der Waals surface area contributed by atoms with Gasteiger partial charge in [-0.05, 0) is 43.0 Å². The molecule has 4 N–H and O–H groups in total. The summed E-state index contributed by atoms with van der Waals surface area (Å²) in [6, 6.07) is 4.50. The van der Waals surface area contributed by atoms with Crippen molar-refractivity contribution in [1.29, 1.82) is 0 Å². The van der Waals surface area contributed by atoms with Crippen LogP contribution in [0.4, 0.5) is 5.69 Å². The molecule has 0 aliphatic carbocycles. The van der Waals surface area contributed by atoms with E-state index in [1.54, 1.807) is 12.1 Å². The predicted octanol–water partition coefficient (Wildman–Crippen LogP) is 0.987. The van der Waals surface area contributed by atoms with Gasteiger partial charge in [0, 0.05) is 5.69 Å². The van der Waals surface area contributed by atoms with E-state index >= 15 is 0 Å². The molecule has 90 valence electrons. The highest BCUT2D eigenvalue weighted by atomic mass is 16.4. The number of nitrogens with one attached hydrogen (secondary N) is 1. The second kappa shape index (κ2) is 4.45. The standard InChI is InChI=1S/C12H14N2O3/c13-11(15)10-3-1-2-7-6-8(12(16)17)4-5-9(7)14-10/h4-6,10,14H,1-3H2,(H2,13,15)(H,16,17). The maximum Gasteiger partial charge on any atom is 0.335 e. The van der Waals surface area contributed by atoms with Gasteiger partial charge in [-0.3, -0.25) is 4.79 Å². The molecule has 0 saturated carbocycles. The number of carboxylic acid groups (broad SMARTS) is 1. The molecule has 5 nitrogen and oxygen atoms in total. The largest absolute Gasteiger partial charge is 0.478 e. The van der Waals surface area contributed by atoms with Gasteiger partial charge in [0.05, 0.1) is 5.56 Å². The number of rotatable bonds is 2. The number of benzene rings is 1. The van der Waals surface area contributed by atoms with Crippen molar-refractivity contribution in [3.05, 3.63) is 29.3 Å². The van der Waals surface area contributed by atoms with Crippen LogP contribution in [0.2, 0.25) is 0 Å². The van der Waals surface area contributed by atoms with E-state index in [1.165, 1.54) is 6.07 Å². The molecule has 0 radical (unpaired) electrons. The molecule has 0 fully saturated rings. The van der Waals surface area contributed by atoms with Gasteiger partial charge in [-0.1, -0.05) is 0 Å². The molecule has 1 aromatic carbocycles. The number of anilines is 1. The first kappa shape index (κ1) is 11.4. The summed E-state index contributed by atoms with van der Waals surface area (Å²) in [5.74, 6) is -1.32. The summed E-state index contributed by atoms with van der Waals surface area (Å²) in [5, 5.41) is 12.0. The van der Waals surface area contributed by atoms with Crippen LogP contribution in [0, 0.1) is 0 Å². The van der Waals surface area contributed by atoms with Crippen molar-refractivity contribution in [2.75, 3.05) is 5.32 Å². The van der Waals surface area contributed by atoms with Gasteiger partial charge < -0.3 is 16.2 Å². The lowest BCUT2D eigenvalue weighted by Crippen LogP contribution is -2.34. The van der Waals surface area contributed by atoms with Gasteiger partial charge in [0.2, 0.25) is 5.91 Å². The maximum absolute atomic E-state index is 11.2. The number of carbonyl (C=O) groups is 2. The first-order chi connectivity index (χ1) is 8.08. The number of primary amides is 1. The summed E-state index contributed by atoms with van der Waals surface area (Å²) >= 11 is 0. The topological polar surface area (TPSA) is 92.4 Å². The van der Waals surface area contributed by atoms with E-state index in [-0.39, 0.29) is 17.5 Å². The molecule has 1 heterocycles. The van der Waals surface area contributed by atoms with Crippen molar-refractivity contribution in [2.45, 2.75) is 25.3 Å². The smallest absolute Gasteiger partial charge is 0.335 e. The summed E-state index contributed by atoms with van der Waals surface area (Å²) in [6.07, 6.45) is 2.25. The summed E-state index contributed by atoms with van der Waals surface area (Å²) in [5.41, 5.74) is 7.27. The summed E-state index contributed by atoms with van der Waals surface area (Å²) in [7, 11) is 0. The van der Waals surface area contributed by atoms with Gasteiger partial charge >= 0.3 is 5.97 Å². The van der Waals surface area contributed by atoms with Crippen LogP contribution in [0.25, 0.3) is 0 Å². The van der Waals surface area contributed by atoms with E-state index in [4.69, 9.17) is 10.8 Å². The lowest BCUT2D eigenvalue weighted by molar-refractivity contribution is -0.118. The number of carbonyl (C=O) groups excluding carboxylic acids is 1. The molecule has 1 amide bonds.